The van der Waals surface area contributed by atoms with Gasteiger partial charge in [0.25, 0.3) is 10.0 Å². The SMILES string of the molecule is CC(=O)CCOc1ccc2c3ccccc3n(S(=O)(=O)c3cccs3)c2c1. The van der Waals surface area contributed by atoms with Gasteiger partial charge < -0.3 is 4.74 Å². The lowest BCUT2D eigenvalue weighted by Crippen LogP contribution is -2.11. The first kappa shape index (κ1) is 17.8. The highest BCUT2D eigenvalue weighted by Gasteiger charge is 2.24. The zero-order valence-corrected chi connectivity index (χ0v) is 16.2. The van der Waals surface area contributed by atoms with Gasteiger partial charge in [-0.1, -0.05) is 24.3 Å². The molecule has 0 atom stereocenters. The molecule has 4 rings (SSSR count). The van der Waals surface area contributed by atoms with E-state index in [1.807, 2.05) is 24.3 Å². The summed E-state index contributed by atoms with van der Waals surface area (Å²) in [6.45, 7) is 1.77. The van der Waals surface area contributed by atoms with Crippen LogP contribution in [0, 0.1) is 0 Å². The van der Waals surface area contributed by atoms with E-state index < -0.39 is 10.0 Å². The number of Topliss-reactive ketones (excluding diaryl/α,β-unsaturated/α-hetero) is 1. The highest BCUT2D eigenvalue weighted by Crippen LogP contribution is 2.35. The molecule has 0 unspecified atom stereocenters. The summed E-state index contributed by atoms with van der Waals surface area (Å²) in [6, 6.07) is 16.1. The molecule has 0 radical (unpaired) electrons. The molecular weight excluding hydrogens is 382 g/mol. The fourth-order valence-electron chi connectivity index (χ4n) is 3.08. The van der Waals surface area contributed by atoms with Crippen LogP contribution in [0.25, 0.3) is 21.8 Å². The van der Waals surface area contributed by atoms with Gasteiger partial charge in [-0.15, -0.1) is 11.3 Å². The number of hydrogen-bond donors (Lipinski definition) is 0. The monoisotopic (exact) mass is 399 g/mol. The van der Waals surface area contributed by atoms with Crippen LogP contribution in [0.1, 0.15) is 13.3 Å². The first-order valence-electron chi connectivity index (χ1n) is 8.43. The van der Waals surface area contributed by atoms with Crippen molar-refractivity contribution in [1.82, 2.24) is 3.97 Å². The molecule has 2 aromatic heterocycles. The van der Waals surface area contributed by atoms with Crippen molar-refractivity contribution in [3.05, 3.63) is 60.0 Å². The van der Waals surface area contributed by atoms with Gasteiger partial charge in [-0.2, -0.15) is 8.42 Å². The smallest absolute Gasteiger partial charge is 0.278 e. The minimum absolute atomic E-state index is 0.0467. The zero-order chi connectivity index (χ0) is 19.0. The fraction of sp³-hybridized carbons (Fsp3) is 0.150. The Hall–Kier alpha value is -2.64. The van der Waals surface area contributed by atoms with E-state index >= 15 is 0 Å². The molecule has 0 fully saturated rings. The second-order valence-corrected chi connectivity index (χ2v) is 9.16. The van der Waals surface area contributed by atoms with Gasteiger partial charge in [0.05, 0.1) is 17.6 Å². The Labute approximate surface area is 160 Å². The van der Waals surface area contributed by atoms with Crippen LogP contribution >= 0.6 is 11.3 Å². The number of carbonyl (C=O) groups is 1. The fourth-order valence-corrected chi connectivity index (χ4v) is 5.66. The van der Waals surface area contributed by atoms with Crippen LogP contribution in [-0.4, -0.2) is 24.8 Å². The van der Waals surface area contributed by atoms with Gasteiger partial charge in [-0.3, -0.25) is 4.79 Å². The molecule has 2 aromatic carbocycles. The molecule has 0 saturated heterocycles. The summed E-state index contributed by atoms with van der Waals surface area (Å²) in [5.41, 5.74) is 1.19. The first-order valence-corrected chi connectivity index (χ1v) is 10.7. The minimum Gasteiger partial charge on any atom is -0.493 e. The molecule has 0 amide bonds. The van der Waals surface area contributed by atoms with Crippen LogP contribution in [0.3, 0.4) is 0 Å². The summed E-state index contributed by atoms with van der Waals surface area (Å²) < 4.78 is 33.9. The van der Waals surface area contributed by atoms with Crippen molar-refractivity contribution in [2.24, 2.45) is 0 Å². The summed E-state index contributed by atoms with van der Waals surface area (Å²) in [6.07, 6.45) is 0.314. The number of nitrogens with zero attached hydrogens (tertiary/aromatic N) is 1. The molecule has 2 heterocycles. The Kier molecular flexibility index (Phi) is 4.49. The number of carbonyl (C=O) groups excluding carboxylic acids is 1. The van der Waals surface area contributed by atoms with Crippen molar-refractivity contribution >= 4 is 48.9 Å². The Morgan fingerprint density at radius 3 is 2.56 bits per heavy atom. The molecule has 0 saturated carbocycles. The highest BCUT2D eigenvalue weighted by atomic mass is 32.2. The van der Waals surface area contributed by atoms with Gasteiger partial charge in [0, 0.05) is 23.3 Å². The maximum Gasteiger partial charge on any atom is 0.278 e. The summed E-state index contributed by atoms with van der Waals surface area (Å²) in [5, 5.41) is 3.45. The lowest BCUT2D eigenvalue weighted by molar-refractivity contribution is -0.117. The molecule has 5 nitrogen and oxygen atoms in total. The number of benzene rings is 2. The molecule has 0 aliphatic rings. The number of fused-ring (bicyclic) bond motifs is 3. The Morgan fingerprint density at radius 2 is 1.81 bits per heavy atom. The summed E-state index contributed by atoms with van der Waals surface area (Å²) in [5.74, 6) is 0.583. The van der Waals surface area contributed by atoms with Gasteiger partial charge in [0.15, 0.2) is 0 Å². The average molecular weight is 399 g/mol. The molecule has 27 heavy (non-hydrogen) atoms. The molecular formula is C20H17NO4S2. The molecule has 0 N–H and O–H groups in total. The third-order valence-corrected chi connectivity index (χ3v) is 7.41. The van der Waals surface area contributed by atoms with Crippen molar-refractivity contribution in [3.8, 4) is 5.75 Å². The van der Waals surface area contributed by atoms with E-state index in [2.05, 4.69) is 0 Å². The van der Waals surface area contributed by atoms with E-state index in [0.29, 0.717) is 23.2 Å². The van der Waals surface area contributed by atoms with Crippen LogP contribution in [-0.2, 0) is 14.8 Å². The van der Waals surface area contributed by atoms with Crippen LogP contribution < -0.4 is 4.74 Å². The van der Waals surface area contributed by atoms with Crippen molar-refractivity contribution in [2.75, 3.05) is 6.61 Å². The maximum absolute atomic E-state index is 13.3. The van der Waals surface area contributed by atoms with Gasteiger partial charge in [0.2, 0.25) is 0 Å². The van der Waals surface area contributed by atoms with E-state index in [4.69, 9.17) is 4.74 Å². The van der Waals surface area contributed by atoms with E-state index in [1.54, 1.807) is 35.7 Å². The predicted octanol–water partition coefficient (Wildman–Crippen LogP) is 4.45. The third-order valence-electron chi connectivity index (χ3n) is 4.31. The second kappa shape index (κ2) is 6.83. The number of para-hydroxylation sites is 1. The van der Waals surface area contributed by atoms with Crippen molar-refractivity contribution < 1.29 is 17.9 Å². The van der Waals surface area contributed by atoms with Crippen molar-refractivity contribution in [3.63, 3.8) is 0 Å². The Balaban J connectivity index is 1.93. The Morgan fingerprint density at radius 1 is 1.04 bits per heavy atom. The van der Waals surface area contributed by atoms with Crippen molar-refractivity contribution in [1.29, 1.82) is 0 Å². The van der Waals surface area contributed by atoms with Gasteiger partial charge in [-0.05, 0) is 36.6 Å². The third kappa shape index (κ3) is 3.13. The standard InChI is InChI=1S/C20H17NO4S2/c1-14(22)10-11-25-15-8-9-17-16-5-2-3-6-18(16)21(19(17)13-15)27(23,24)20-7-4-12-26-20/h2-9,12-13H,10-11H2,1H3. The van der Waals surface area contributed by atoms with Crippen LogP contribution in [0.2, 0.25) is 0 Å². The second-order valence-electron chi connectivity index (χ2n) is 6.20. The molecule has 0 bridgehead atoms. The quantitative estimate of drug-likeness (QED) is 0.480. The number of aromatic nitrogens is 1. The van der Waals surface area contributed by atoms with Crippen LogP contribution in [0.15, 0.2) is 64.2 Å². The van der Waals surface area contributed by atoms with Crippen LogP contribution in [0.4, 0.5) is 0 Å². The molecule has 0 spiro atoms. The summed E-state index contributed by atoms with van der Waals surface area (Å²) in [4.78, 5) is 11.1. The first-order chi connectivity index (χ1) is 13.0. The normalized spacial score (nSPS) is 11.9. The number of ketones is 1. The van der Waals surface area contributed by atoms with Crippen LogP contribution in [0.5, 0.6) is 5.75 Å². The lowest BCUT2D eigenvalue weighted by atomic mass is 10.1. The number of hydrogen-bond acceptors (Lipinski definition) is 5. The largest absolute Gasteiger partial charge is 0.493 e. The number of thiophene rings is 1. The topological polar surface area (TPSA) is 65.4 Å². The molecule has 0 aliphatic heterocycles. The Bertz CT molecular complexity index is 1240. The van der Waals surface area contributed by atoms with Gasteiger partial charge in [-0.25, -0.2) is 3.97 Å². The number of rotatable bonds is 6. The lowest BCUT2D eigenvalue weighted by Gasteiger charge is -2.09. The average Bonchev–Trinajstić information content (AvgIpc) is 3.28. The van der Waals surface area contributed by atoms with E-state index in [-0.39, 0.29) is 16.6 Å². The maximum atomic E-state index is 13.3. The minimum atomic E-state index is -3.73. The summed E-state index contributed by atoms with van der Waals surface area (Å²) >= 11 is 1.19. The van der Waals surface area contributed by atoms with E-state index in [1.165, 1.54) is 22.2 Å². The van der Waals surface area contributed by atoms with Crippen molar-refractivity contribution in [2.45, 2.75) is 17.6 Å². The van der Waals surface area contributed by atoms with E-state index in [0.717, 1.165) is 10.8 Å². The number of ether oxygens (including phenoxy) is 1. The molecule has 0 aliphatic carbocycles. The molecule has 138 valence electrons. The van der Waals surface area contributed by atoms with Gasteiger partial charge >= 0.3 is 0 Å². The molecule has 4 aromatic rings. The van der Waals surface area contributed by atoms with E-state index in [9.17, 15) is 13.2 Å². The highest BCUT2D eigenvalue weighted by molar-refractivity contribution is 7.92. The summed E-state index contributed by atoms with van der Waals surface area (Å²) in [7, 11) is -3.73. The van der Waals surface area contributed by atoms with Gasteiger partial charge in [0.1, 0.15) is 15.7 Å². The predicted molar refractivity (Wildman–Crippen MR) is 107 cm³/mol. The molecule has 7 heteroatoms. The zero-order valence-electron chi connectivity index (χ0n) is 14.6.